The van der Waals surface area contributed by atoms with Gasteiger partial charge in [-0.15, -0.1) is 0 Å². The summed E-state index contributed by atoms with van der Waals surface area (Å²) < 4.78 is 11.3. The molecule has 41 heavy (non-hydrogen) atoms. The number of carbonyl (C=O) groups is 3. The van der Waals surface area contributed by atoms with Crippen molar-refractivity contribution in [2.45, 2.75) is 64.8 Å². The van der Waals surface area contributed by atoms with Crippen molar-refractivity contribution >= 4 is 23.8 Å². The Morgan fingerprint density at radius 1 is 1.07 bits per heavy atom. The highest BCUT2D eigenvalue weighted by molar-refractivity contribution is 5.94. The minimum Gasteiger partial charge on any atom is -0.490 e. The fourth-order valence-corrected chi connectivity index (χ4v) is 5.72. The van der Waals surface area contributed by atoms with Crippen molar-refractivity contribution in [3.05, 3.63) is 59.2 Å². The molecule has 1 saturated carbocycles. The number of aryl methyl sites for hydroxylation is 1. The van der Waals surface area contributed by atoms with Crippen LogP contribution in [0.5, 0.6) is 5.75 Å². The van der Waals surface area contributed by atoms with Crippen LogP contribution >= 0.6 is 0 Å². The molecule has 2 aromatic carbocycles. The SMILES string of the molecule is CNC(=O)OCc1cccc(OC2CCC(C(=O)N(C)c3ccc(CN4CCN(C(=O)O)[C@@H](C)C4)c(C)c3)CC2)c1. The van der Waals surface area contributed by atoms with E-state index in [4.69, 9.17) is 9.47 Å². The van der Waals surface area contributed by atoms with Crippen LogP contribution in [-0.4, -0.2) is 78.9 Å². The Morgan fingerprint density at radius 3 is 2.49 bits per heavy atom. The molecule has 4 rings (SSSR count). The minimum atomic E-state index is -0.859. The van der Waals surface area contributed by atoms with Crippen LogP contribution < -0.4 is 15.0 Å². The lowest BCUT2D eigenvalue weighted by molar-refractivity contribution is -0.123. The predicted octanol–water partition coefficient (Wildman–Crippen LogP) is 4.64. The van der Waals surface area contributed by atoms with Crippen molar-refractivity contribution in [3.63, 3.8) is 0 Å². The second-order valence-electron chi connectivity index (χ2n) is 11.1. The number of hydrogen-bond donors (Lipinski definition) is 2. The van der Waals surface area contributed by atoms with Crippen molar-refractivity contribution in [2.75, 3.05) is 38.6 Å². The molecule has 2 N–H and O–H groups in total. The van der Waals surface area contributed by atoms with Gasteiger partial charge in [-0.1, -0.05) is 18.2 Å². The molecule has 1 aliphatic heterocycles. The summed E-state index contributed by atoms with van der Waals surface area (Å²) in [6, 6.07) is 13.7. The van der Waals surface area contributed by atoms with E-state index in [1.54, 1.807) is 4.90 Å². The highest BCUT2D eigenvalue weighted by Crippen LogP contribution is 2.31. The van der Waals surface area contributed by atoms with Crippen molar-refractivity contribution in [3.8, 4) is 5.75 Å². The monoisotopic (exact) mass is 566 g/mol. The topological polar surface area (TPSA) is 112 Å². The maximum Gasteiger partial charge on any atom is 0.407 e. The maximum atomic E-state index is 13.4. The van der Waals surface area contributed by atoms with Crippen LogP contribution in [0.1, 0.15) is 49.3 Å². The zero-order valence-corrected chi connectivity index (χ0v) is 24.5. The molecule has 3 amide bonds. The lowest BCUT2D eigenvalue weighted by Crippen LogP contribution is -2.53. The summed E-state index contributed by atoms with van der Waals surface area (Å²) >= 11 is 0. The summed E-state index contributed by atoms with van der Waals surface area (Å²) in [4.78, 5) is 41.6. The summed E-state index contributed by atoms with van der Waals surface area (Å²) in [5.41, 5.74) is 4.05. The molecule has 1 atom stereocenters. The molecule has 0 bridgehead atoms. The lowest BCUT2D eigenvalue weighted by Gasteiger charge is -2.38. The average Bonchev–Trinajstić information content (AvgIpc) is 2.96. The first kappa shape index (κ1) is 30.2. The van der Waals surface area contributed by atoms with Crippen molar-refractivity contribution in [2.24, 2.45) is 5.92 Å². The van der Waals surface area contributed by atoms with Gasteiger partial charge in [0.25, 0.3) is 0 Å². The zero-order valence-electron chi connectivity index (χ0n) is 24.5. The van der Waals surface area contributed by atoms with E-state index in [9.17, 15) is 19.5 Å². The number of amides is 3. The third-order valence-electron chi connectivity index (χ3n) is 8.19. The Morgan fingerprint density at radius 2 is 1.83 bits per heavy atom. The lowest BCUT2D eigenvalue weighted by atomic mass is 9.86. The first-order valence-corrected chi connectivity index (χ1v) is 14.3. The van der Waals surface area contributed by atoms with Gasteiger partial charge in [-0.3, -0.25) is 9.69 Å². The van der Waals surface area contributed by atoms with Crippen LogP contribution in [-0.2, 0) is 22.7 Å². The summed E-state index contributed by atoms with van der Waals surface area (Å²) in [6.07, 6.45) is 1.85. The second-order valence-corrected chi connectivity index (χ2v) is 11.1. The quantitative estimate of drug-likeness (QED) is 0.479. The van der Waals surface area contributed by atoms with Crippen LogP contribution in [0.25, 0.3) is 0 Å². The van der Waals surface area contributed by atoms with Crippen LogP contribution in [0.4, 0.5) is 15.3 Å². The fraction of sp³-hybridized carbons (Fsp3) is 0.516. The van der Waals surface area contributed by atoms with Gasteiger partial charge in [-0.05, 0) is 80.5 Å². The molecule has 2 aromatic rings. The molecule has 0 unspecified atom stereocenters. The molecule has 2 aliphatic rings. The Labute approximate surface area is 242 Å². The van der Waals surface area contributed by atoms with Gasteiger partial charge in [0.1, 0.15) is 12.4 Å². The molecule has 0 radical (unpaired) electrons. The largest absolute Gasteiger partial charge is 0.490 e. The van der Waals surface area contributed by atoms with E-state index in [0.717, 1.165) is 54.8 Å². The molecule has 1 saturated heterocycles. The van der Waals surface area contributed by atoms with E-state index >= 15 is 0 Å². The second kappa shape index (κ2) is 13.7. The third kappa shape index (κ3) is 7.91. The zero-order chi connectivity index (χ0) is 29.5. The number of carbonyl (C=O) groups excluding carboxylic acids is 2. The van der Waals surface area contributed by atoms with Gasteiger partial charge in [0.2, 0.25) is 5.91 Å². The normalized spacial score (nSPS) is 21.2. The molecule has 2 fully saturated rings. The van der Waals surface area contributed by atoms with Gasteiger partial charge in [0, 0.05) is 57.9 Å². The van der Waals surface area contributed by atoms with Crippen molar-refractivity contribution in [1.82, 2.24) is 15.1 Å². The highest BCUT2D eigenvalue weighted by Gasteiger charge is 2.30. The molecular formula is C31H42N4O6. The number of anilines is 1. The molecule has 222 valence electrons. The highest BCUT2D eigenvalue weighted by atomic mass is 16.5. The summed E-state index contributed by atoms with van der Waals surface area (Å²) in [5, 5.41) is 11.8. The molecular weight excluding hydrogens is 524 g/mol. The summed E-state index contributed by atoms with van der Waals surface area (Å²) in [5.74, 6) is 0.824. The molecule has 0 spiro atoms. The Balaban J connectivity index is 1.27. The van der Waals surface area contributed by atoms with E-state index < -0.39 is 12.2 Å². The molecule has 10 heteroatoms. The van der Waals surface area contributed by atoms with Gasteiger partial charge in [0.15, 0.2) is 0 Å². The molecule has 1 heterocycles. The number of alkyl carbamates (subject to hydrolysis) is 1. The Bertz CT molecular complexity index is 1230. The van der Waals surface area contributed by atoms with E-state index in [-0.39, 0.29) is 30.6 Å². The number of nitrogens with zero attached hydrogens (tertiary/aromatic N) is 3. The summed E-state index contributed by atoms with van der Waals surface area (Å²) in [7, 11) is 3.37. The number of piperazine rings is 1. The van der Waals surface area contributed by atoms with E-state index in [0.29, 0.717) is 19.6 Å². The van der Waals surface area contributed by atoms with Crippen LogP contribution in [0, 0.1) is 12.8 Å². The molecule has 0 aromatic heterocycles. The molecule has 1 aliphatic carbocycles. The van der Waals surface area contributed by atoms with E-state index in [2.05, 4.69) is 29.3 Å². The minimum absolute atomic E-state index is 0.0369. The van der Waals surface area contributed by atoms with E-state index in [1.165, 1.54) is 17.5 Å². The van der Waals surface area contributed by atoms with Gasteiger partial charge >= 0.3 is 12.2 Å². The standard InChI is InChI=1S/C31H42N4O6/c1-21-16-26(11-8-25(21)19-34-14-15-35(31(38)39)22(2)18-34)33(4)29(36)24-9-12-27(13-10-24)41-28-7-5-6-23(17-28)20-40-30(37)32-3/h5-8,11,16-17,22,24,27H,9-10,12-15,18-20H2,1-4H3,(H,32,37)(H,38,39)/t22-,24?,27?/m0/s1. The van der Waals surface area contributed by atoms with Crippen molar-refractivity contribution in [1.29, 1.82) is 0 Å². The van der Waals surface area contributed by atoms with Crippen molar-refractivity contribution < 1.29 is 29.0 Å². The average molecular weight is 567 g/mol. The van der Waals surface area contributed by atoms with Crippen LogP contribution in [0.15, 0.2) is 42.5 Å². The number of carboxylic acid groups (broad SMARTS) is 1. The predicted molar refractivity (Wildman–Crippen MR) is 156 cm³/mol. The van der Waals surface area contributed by atoms with Gasteiger partial charge in [-0.2, -0.15) is 0 Å². The number of rotatable bonds is 8. The Hall–Kier alpha value is -3.79. The number of nitrogens with one attached hydrogen (secondary N) is 1. The number of benzene rings is 2. The Kier molecular flexibility index (Phi) is 10.1. The summed E-state index contributed by atoms with van der Waals surface area (Å²) in [6.45, 7) is 6.87. The van der Waals surface area contributed by atoms with E-state index in [1.807, 2.05) is 44.3 Å². The first-order valence-electron chi connectivity index (χ1n) is 14.3. The third-order valence-corrected chi connectivity index (χ3v) is 8.19. The van der Waals surface area contributed by atoms with Gasteiger partial charge in [-0.25, -0.2) is 9.59 Å². The maximum absolute atomic E-state index is 13.4. The number of hydrogen-bond acceptors (Lipinski definition) is 6. The van der Waals surface area contributed by atoms with Gasteiger partial charge < -0.3 is 29.7 Å². The smallest absolute Gasteiger partial charge is 0.407 e. The first-order chi connectivity index (χ1) is 19.6. The molecule has 10 nitrogen and oxygen atoms in total. The number of ether oxygens (including phenoxy) is 2. The van der Waals surface area contributed by atoms with Crippen LogP contribution in [0.2, 0.25) is 0 Å². The fourth-order valence-electron chi connectivity index (χ4n) is 5.72. The van der Waals surface area contributed by atoms with Crippen LogP contribution in [0.3, 0.4) is 0 Å². The van der Waals surface area contributed by atoms with Gasteiger partial charge in [0.05, 0.1) is 6.10 Å².